The van der Waals surface area contributed by atoms with Crippen LogP contribution in [0, 0.1) is 0 Å². The zero-order valence-corrected chi connectivity index (χ0v) is 12.5. The Morgan fingerprint density at radius 1 is 1.05 bits per heavy atom. The first-order chi connectivity index (χ1) is 10.2. The lowest BCUT2D eigenvalue weighted by Crippen LogP contribution is -2.27. The molecule has 2 N–H and O–H groups in total. The number of nitrogens with two attached hydrogens (primary N) is 1. The second kappa shape index (κ2) is 5.68. The monoisotopic (exact) mass is 296 g/mol. The van der Waals surface area contributed by atoms with Gasteiger partial charge < -0.3 is 10.3 Å². The molecule has 3 rings (SSSR count). The molecule has 1 atom stereocenters. The molecule has 0 spiro atoms. The van der Waals surface area contributed by atoms with Gasteiger partial charge in [-0.2, -0.15) is 0 Å². The summed E-state index contributed by atoms with van der Waals surface area (Å²) < 4.78 is 1.66. The van der Waals surface area contributed by atoms with Gasteiger partial charge in [0, 0.05) is 17.5 Å². The van der Waals surface area contributed by atoms with Crippen molar-refractivity contribution in [1.29, 1.82) is 0 Å². The van der Waals surface area contributed by atoms with Gasteiger partial charge >= 0.3 is 0 Å². The maximum Gasteiger partial charge on any atom is 0.255 e. The van der Waals surface area contributed by atoms with Crippen LogP contribution in [0.3, 0.4) is 0 Å². The summed E-state index contributed by atoms with van der Waals surface area (Å²) in [5.74, 6) is 0. The second-order valence-electron chi connectivity index (χ2n) is 4.90. The van der Waals surface area contributed by atoms with E-state index in [0.29, 0.717) is 5.56 Å². The van der Waals surface area contributed by atoms with Crippen LogP contribution in [0.25, 0.3) is 11.3 Å². The van der Waals surface area contributed by atoms with Gasteiger partial charge in [0.2, 0.25) is 0 Å². The van der Waals surface area contributed by atoms with Crippen LogP contribution < -0.4 is 11.3 Å². The summed E-state index contributed by atoms with van der Waals surface area (Å²) >= 11 is 1.57. The number of hydrogen-bond acceptors (Lipinski definition) is 3. The van der Waals surface area contributed by atoms with Gasteiger partial charge in [0.25, 0.3) is 5.56 Å². The minimum absolute atomic E-state index is 0.0442. The van der Waals surface area contributed by atoms with E-state index in [-0.39, 0.29) is 11.6 Å². The number of pyridine rings is 1. The fourth-order valence-corrected chi connectivity index (χ4v) is 3.16. The Morgan fingerprint density at radius 3 is 2.48 bits per heavy atom. The van der Waals surface area contributed by atoms with E-state index in [2.05, 4.69) is 0 Å². The summed E-state index contributed by atoms with van der Waals surface area (Å²) in [7, 11) is 1.79. The molecular formula is C17H16N2OS. The topological polar surface area (TPSA) is 48.0 Å². The quantitative estimate of drug-likeness (QED) is 0.807. The highest BCUT2D eigenvalue weighted by Crippen LogP contribution is 2.23. The summed E-state index contributed by atoms with van der Waals surface area (Å²) in [6, 6.07) is 17.2. The van der Waals surface area contributed by atoms with Gasteiger partial charge in [-0.25, -0.2) is 0 Å². The molecule has 2 heterocycles. The lowest BCUT2D eigenvalue weighted by Gasteiger charge is -2.14. The summed E-state index contributed by atoms with van der Waals surface area (Å²) in [4.78, 5) is 13.6. The van der Waals surface area contributed by atoms with Crippen LogP contribution in [0.4, 0.5) is 0 Å². The van der Waals surface area contributed by atoms with Crippen molar-refractivity contribution in [2.45, 2.75) is 6.04 Å². The Bertz CT molecular complexity index is 791. The Hall–Kier alpha value is -2.17. The Labute approximate surface area is 127 Å². The Kier molecular flexibility index (Phi) is 3.73. The minimum Gasteiger partial charge on any atom is -0.319 e. The molecule has 4 heteroatoms. The molecule has 0 aliphatic heterocycles. The molecule has 0 saturated carbocycles. The largest absolute Gasteiger partial charge is 0.319 e. The molecule has 0 aliphatic rings. The van der Waals surface area contributed by atoms with E-state index in [9.17, 15) is 4.79 Å². The van der Waals surface area contributed by atoms with Crippen LogP contribution in [-0.2, 0) is 7.05 Å². The van der Waals surface area contributed by atoms with Gasteiger partial charge in [-0.05, 0) is 29.1 Å². The molecule has 3 nitrogen and oxygen atoms in total. The number of thiophene rings is 1. The van der Waals surface area contributed by atoms with Crippen molar-refractivity contribution in [2.75, 3.05) is 0 Å². The highest BCUT2D eigenvalue weighted by atomic mass is 32.1. The van der Waals surface area contributed by atoms with Crippen molar-refractivity contribution >= 4 is 11.3 Å². The van der Waals surface area contributed by atoms with Gasteiger partial charge in [-0.15, -0.1) is 11.3 Å². The number of rotatable bonds is 3. The first-order valence-corrected chi connectivity index (χ1v) is 7.61. The summed E-state index contributed by atoms with van der Waals surface area (Å²) in [5.41, 5.74) is 8.71. The Morgan fingerprint density at radius 2 is 1.81 bits per heavy atom. The van der Waals surface area contributed by atoms with Gasteiger partial charge in [0.15, 0.2) is 0 Å². The number of hydrogen-bond donors (Lipinski definition) is 1. The van der Waals surface area contributed by atoms with E-state index in [4.69, 9.17) is 5.73 Å². The molecule has 0 saturated heterocycles. The van der Waals surface area contributed by atoms with Crippen molar-refractivity contribution < 1.29 is 0 Å². The number of aromatic nitrogens is 1. The fraction of sp³-hybridized carbons (Fsp3) is 0.118. The molecule has 2 aromatic heterocycles. The van der Waals surface area contributed by atoms with E-state index in [1.165, 1.54) is 0 Å². The molecular weight excluding hydrogens is 280 g/mol. The fourth-order valence-electron chi connectivity index (χ4n) is 2.41. The maximum atomic E-state index is 12.6. The third-order valence-corrected chi connectivity index (χ3v) is 4.54. The lowest BCUT2D eigenvalue weighted by molar-refractivity contribution is 0.798. The van der Waals surface area contributed by atoms with Crippen molar-refractivity contribution in [3.8, 4) is 11.3 Å². The first-order valence-electron chi connectivity index (χ1n) is 6.73. The van der Waals surface area contributed by atoms with Gasteiger partial charge in [-0.3, -0.25) is 4.79 Å². The van der Waals surface area contributed by atoms with Gasteiger partial charge in [-0.1, -0.05) is 36.4 Å². The molecule has 0 bridgehead atoms. The van der Waals surface area contributed by atoms with Crippen molar-refractivity contribution in [3.63, 3.8) is 0 Å². The molecule has 1 aromatic carbocycles. The van der Waals surface area contributed by atoms with Crippen LogP contribution in [0.1, 0.15) is 16.5 Å². The summed E-state index contributed by atoms with van der Waals surface area (Å²) in [6.07, 6.45) is 0. The van der Waals surface area contributed by atoms with E-state index in [0.717, 1.165) is 16.1 Å². The third kappa shape index (κ3) is 2.55. The SMILES string of the molecule is Cn1c(-c2ccccc2)ccc(C(N)c2cccs2)c1=O. The average molecular weight is 296 g/mol. The lowest BCUT2D eigenvalue weighted by atomic mass is 10.1. The van der Waals surface area contributed by atoms with Crippen LogP contribution in [-0.4, -0.2) is 4.57 Å². The zero-order chi connectivity index (χ0) is 14.8. The molecule has 106 valence electrons. The Balaban J connectivity index is 2.07. The van der Waals surface area contributed by atoms with Gasteiger partial charge in [0.1, 0.15) is 0 Å². The van der Waals surface area contributed by atoms with Crippen LogP contribution in [0.2, 0.25) is 0 Å². The molecule has 21 heavy (non-hydrogen) atoms. The van der Waals surface area contributed by atoms with Crippen LogP contribution in [0.15, 0.2) is 64.8 Å². The van der Waals surface area contributed by atoms with Crippen molar-refractivity contribution in [3.05, 3.63) is 80.8 Å². The van der Waals surface area contributed by atoms with Crippen molar-refractivity contribution in [1.82, 2.24) is 4.57 Å². The van der Waals surface area contributed by atoms with E-state index in [1.807, 2.05) is 60.0 Å². The normalized spacial score (nSPS) is 12.3. The van der Waals surface area contributed by atoms with E-state index < -0.39 is 0 Å². The second-order valence-corrected chi connectivity index (χ2v) is 5.88. The molecule has 3 aromatic rings. The number of nitrogens with zero attached hydrogens (tertiary/aromatic N) is 1. The first kappa shape index (κ1) is 13.8. The predicted octanol–water partition coefficient (Wildman–Crippen LogP) is 3.16. The van der Waals surface area contributed by atoms with Crippen LogP contribution in [0.5, 0.6) is 0 Å². The zero-order valence-electron chi connectivity index (χ0n) is 11.7. The molecule has 1 unspecified atom stereocenters. The predicted molar refractivity (Wildman–Crippen MR) is 87.5 cm³/mol. The molecule has 0 aliphatic carbocycles. The standard InChI is InChI=1S/C17H16N2OS/c1-19-14(12-6-3-2-4-7-12)10-9-13(17(19)20)16(18)15-8-5-11-21-15/h2-11,16H,18H2,1H3. The highest BCUT2D eigenvalue weighted by molar-refractivity contribution is 7.10. The third-order valence-electron chi connectivity index (χ3n) is 3.59. The number of benzene rings is 1. The smallest absolute Gasteiger partial charge is 0.255 e. The summed E-state index contributed by atoms with van der Waals surface area (Å²) in [6.45, 7) is 0. The van der Waals surface area contributed by atoms with Crippen molar-refractivity contribution in [2.24, 2.45) is 12.8 Å². The van der Waals surface area contributed by atoms with E-state index >= 15 is 0 Å². The molecule has 0 fully saturated rings. The molecule has 0 radical (unpaired) electrons. The minimum atomic E-state index is -0.367. The molecule has 0 amide bonds. The van der Waals surface area contributed by atoms with Gasteiger partial charge in [0.05, 0.1) is 11.7 Å². The van der Waals surface area contributed by atoms with Crippen LogP contribution >= 0.6 is 11.3 Å². The van der Waals surface area contributed by atoms with E-state index in [1.54, 1.807) is 23.0 Å². The summed E-state index contributed by atoms with van der Waals surface area (Å²) in [5, 5.41) is 1.97. The maximum absolute atomic E-state index is 12.6. The average Bonchev–Trinajstić information content (AvgIpc) is 3.04. The highest BCUT2D eigenvalue weighted by Gasteiger charge is 2.16.